The number of amides is 1. The molecular weight excluding hydrogens is 420 g/mol. The normalized spacial score (nSPS) is 28.5. The number of carbonyl (C=O) groups excluding carboxylic acids is 1. The molecule has 32 heavy (non-hydrogen) atoms. The molecule has 176 valence electrons. The first kappa shape index (κ1) is 21.4. The molecule has 2 aliphatic heterocycles. The molecule has 0 aromatic carbocycles. The Bertz CT molecular complexity index is 1050. The second-order valence-electron chi connectivity index (χ2n) is 9.31. The first-order chi connectivity index (χ1) is 15.4. The first-order valence-corrected chi connectivity index (χ1v) is 10.3. The number of likely N-dealkylation sites (tertiary alicyclic amines) is 1. The van der Waals surface area contributed by atoms with Crippen molar-refractivity contribution in [3.63, 3.8) is 0 Å². The summed E-state index contributed by atoms with van der Waals surface area (Å²) in [7, 11) is 1.46. The van der Waals surface area contributed by atoms with E-state index in [4.69, 9.17) is 20.3 Å². The lowest BCUT2D eigenvalue weighted by Gasteiger charge is -2.34. The molecule has 2 aromatic rings. The largest absolute Gasteiger partial charge is 0.479 e. The van der Waals surface area contributed by atoms with Gasteiger partial charge in [-0.3, -0.25) is 4.90 Å². The Labute approximate surface area is 187 Å². The number of methoxy groups -OCH3 is 1. The molecule has 5 atom stereocenters. The van der Waals surface area contributed by atoms with Crippen molar-refractivity contribution >= 4 is 17.1 Å². The van der Waals surface area contributed by atoms with Crippen LogP contribution in [0.4, 0.5) is 4.79 Å². The number of rotatable bonds is 4. The van der Waals surface area contributed by atoms with Crippen molar-refractivity contribution in [3.8, 4) is 5.88 Å². The average Bonchev–Trinajstić information content (AvgIpc) is 3.32. The summed E-state index contributed by atoms with van der Waals surface area (Å²) in [5.74, 6) is -0.748. The van der Waals surface area contributed by atoms with E-state index in [1.807, 2.05) is 0 Å². The molecule has 2 aromatic heterocycles. The van der Waals surface area contributed by atoms with Crippen LogP contribution in [0.15, 0.2) is 12.5 Å². The number of nitrogens with zero attached hydrogens (tertiary/aromatic N) is 4. The monoisotopic (exact) mass is 451 g/mol. The van der Waals surface area contributed by atoms with Crippen LogP contribution in [0.1, 0.15) is 47.6 Å². The molecule has 1 unspecified atom stereocenters. The van der Waals surface area contributed by atoms with Crippen molar-refractivity contribution in [2.45, 2.75) is 77.0 Å². The second kappa shape index (κ2) is 7.84. The fourth-order valence-corrected chi connectivity index (χ4v) is 4.46. The lowest BCUT2D eigenvalue weighted by Crippen LogP contribution is -2.47. The molecule has 0 radical (unpaired) electrons. The topological polar surface area (TPSA) is 128 Å². The average molecular weight is 451 g/mol. The summed E-state index contributed by atoms with van der Waals surface area (Å²) in [6.45, 7) is 6.59. The standard InChI is InChI=1S/C21H30N4O7/c1-20(2,3)32-19(28)25-12(8-26)16-17(31-21(4,5)30-16)14(25)11-7-24(10-27)15-13(11)22-9-23-18(15)29-6/h7,9,12,14,16-17,26-27H,8,10H2,1-6H3/t12-,14+,16-,17+/m1/s1/i8D/t8?,12-,14+,16-,17+. The van der Waals surface area contributed by atoms with Gasteiger partial charge in [0.15, 0.2) is 5.79 Å². The van der Waals surface area contributed by atoms with Gasteiger partial charge in [-0.25, -0.2) is 9.78 Å². The summed E-state index contributed by atoms with van der Waals surface area (Å²) in [6.07, 6.45) is 0.712. The van der Waals surface area contributed by atoms with Gasteiger partial charge in [0.05, 0.1) is 27.1 Å². The van der Waals surface area contributed by atoms with Crippen LogP contribution < -0.4 is 4.74 Å². The maximum Gasteiger partial charge on any atom is 0.411 e. The molecule has 0 bridgehead atoms. The lowest BCUT2D eigenvalue weighted by atomic mass is 10.0. The zero-order valence-electron chi connectivity index (χ0n) is 20.0. The highest BCUT2D eigenvalue weighted by Gasteiger charge is 2.60. The molecular formula is C21H30N4O7. The molecule has 2 aliphatic rings. The van der Waals surface area contributed by atoms with Gasteiger partial charge in [0.1, 0.15) is 41.9 Å². The predicted octanol–water partition coefficient (Wildman–Crippen LogP) is 1.56. The number of aliphatic hydroxyl groups is 2. The van der Waals surface area contributed by atoms with E-state index in [2.05, 4.69) is 9.97 Å². The fourth-order valence-electron chi connectivity index (χ4n) is 4.46. The van der Waals surface area contributed by atoms with Crippen LogP contribution in [-0.2, 0) is 20.9 Å². The number of aliphatic hydroxyl groups excluding tert-OH is 2. The second-order valence-corrected chi connectivity index (χ2v) is 9.31. The Balaban J connectivity index is 1.92. The van der Waals surface area contributed by atoms with Crippen LogP contribution in [0, 0.1) is 0 Å². The Morgan fingerprint density at radius 1 is 1.28 bits per heavy atom. The highest BCUT2D eigenvalue weighted by Crippen LogP contribution is 2.49. The van der Waals surface area contributed by atoms with E-state index in [1.54, 1.807) is 40.8 Å². The third kappa shape index (κ3) is 3.68. The van der Waals surface area contributed by atoms with E-state index in [0.717, 1.165) is 0 Å². The van der Waals surface area contributed by atoms with Gasteiger partial charge in [0.25, 0.3) is 0 Å². The zero-order valence-corrected chi connectivity index (χ0v) is 19.0. The van der Waals surface area contributed by atoms with Gasteiger partial charge >= 0.3 is 6.09 Å². The Morgan fingerprint density at radius 2 is 1.97 bits per heavy atom. The molecule has 2 N–H and O–H groups in total. The number of aromatic nitrogens is 3. The Morgan fingerprint density at radius 3 is 2.56 bits per heavy atom. The van der Waals surface area contributed by atoms with E-state index in [1.165, 1.54) is 22.9 Å². The summed E-state index contributed by atoms with van der Waals surface area (Å²) in [5.41, 5.74) is 0.570. The van der Waals surface area contributed by atoms with Gasteiger partial charge in [-0.2, -0.15) is 4.98 Å². The molecule has 0 saturated carbocycles. The minimum Gasteiger partial charge on any atom is -0.479 e. The summed E-state index contributed by atoms with van der Waals surface area (Å²) in [5, 5.41) is 20.4. The van der Waals surface area contributed by atoms with E-state index in [0.29, 0.717) is 16.6 Å². The Kier molecular flexibility index (Phi) is 5.24. The number of ether oxygens (including phenoxy) is 4. The minimum absolute atomic E-state index is 0.250. The SMILES string of the molecule is [2H]C(O)[C@@H]1[C@H]2OC(C)(C)O[C@H]2[C@H](c2cn(CO)c3c(OC)ncnc23)N1C(=O)OC(C)(C)C. The minimum atomic E-state index is -1.68. The lowest BCUT2D eigenvalue weighted by molar-refractivity contribution is -0.169. The van der Waals surface area contributed by atoms with Crippen molar-refractivity contribution in [1.82, 2.24) is 19.4 Å². The van der Waals surface area contributed by atoms with Crippen LogP contribution in [0.5, 0.6) is 5.88 Å². The van der Waals surface area contributed by atoms with E-state index in [-0.39, 0.29) is 12.6 Å². The summed E-state index contributed by atoms with van der Waals surface area (Å²) in [4.78, 5) is 23.2. The van der Waals surface area contributed by atoms with Gasteiger partial charge in [0.2, 0.25) is 5.88 Å². The van der Waals surface area contributed by atoms with Crippen LogP contribution in [0.25, 0.3) is 11.0 Å². The highest BCUT2D eigenvalue weighted by molar-refractivity contribution is 5.85. The van der Waals surface area contributed by atoms with Gasteiger partial charge in [-0.05, 0) is 34.6 Å². The summed E-state index contributed by atoms with van der Waals surface area (Å²) < 4.78 is 32.8. The first-order valence-electron chi connectivity index (χ1n) is 10.9. The predicted molar refractivity (Wildman–Crippen MR) is 112 cm³/mol. The fraction of sp³-hybridized carbons (Fsp3) is 0.667. The van der Waals surface area contributed by atoms with E-state index in [9.17, 15) is 15.0 Å². The Hall–Kier alpha value is -2.47. The number of hydrogen-bond donors (Lipinski definition) is 2. The molecule has 2 fully saturated rings. The van der Waals surface area contributed by atoms with Crippen molar-refractivity contribution < 1.29 is 35.3 Å². The van der Waals surface area contributed by atoms with Gasteiger partial charge in [-0.1, -0.05) is 0 Å². The summed E-state index contributed by atoms with van der Waals surface area (Å²) in [6, 6.07) is -1.89. The van der Waals surface area contributed by atoms with Crippen molar-refractivity contribution in [2.24, 2.45) is 0 Å². The third-order valence-corrected chi connectivity index (χ3v) is 5.50. The van der Waals surface area contributed by atoms with Crippen LogP contribution in [0.3, 0.4) is 0 Å². The smallest absolute Gasteiger partial charge is 0.411 e. The quantitative estimate of drug-likeness (QED) is 0.711. The molecule has 4 heterocycles. The third-order valence-electron chi connectivity index (χ3n) is 5.50. The molecule has 0 aliphatic carbocycles. The van der Waals surface area contributed by atoms with Crippen molar-refractivity contribution in [3.05, 3.63) is 18.1 Å². The maximum absolute atomic E-state index is 13.4. The molecule has 2 saturated heterocycles. The zero-order chi connectivity index (χ0) is 24.3. The highest BCUT2D eigenvalue weighted by atomic mass is 16.8. The number of fused-ring (bicyclic) bond motifs is 2. The van der Waals surface area contributed by atoms with Crippen LogP contribution in [0.2, 0.25) is 0 Å². The molecule has 11 heteroatoms. The molecule has 0 spiro atoms. The number of carbonyl (C=O) groups is 1. The van der Waals surface area contributed by atoms with E-state index < -0.39 is 48.4 Å². The van der Waals surface area contributed by atoms with E-state index >= 15 is 0 Å². The number of hydrogen-bond acceptors (Lipinski definition) is 9. The molecule has 4 rings (SSSR count). The van der Waals surface area contributed by atoms with Crippen molar-refractivity contribution in [1.29, 1.82) is 0 Å². The van der Waals surface area contributed by atoms with Crippen molar-refractivity contribution in [2.75, 3.05) is 13.7 Å². The van der Waals surface area contributed by atoms with Gasteiger partial charge in [-0.15, -0.1) is 0 Å². The molecule has 11 nitrogen and oxygen atoms in total. The van der Waals surface area contributed by atoms with Crippen LogP contribution in [-0.4, -0.2) is 79.1 Å². The maximum atomic E-state index is 13.4. The van der Waals surface area contributed by atoms with Gasteiger partial charge < -0.3 is 33.7 Å². The van der Waals surface area contributed by atoms with Gasteiger partial charge in [0, 0.05) is 11.8 Å². The van der Waals surface area contributed by atoms with Crippen LogP contribution >= 0.6 is 0 Å². The molecule has 1 amide bonds. The summed E-state index contributed by atoms with van der Waals surface area (Å²) >= 11 is 0.